The highest BCUT2D eigenvalue weighted by Gasteiger charge is 2.04. The molecular weight excluding hydrogens is 316 g/mol. The zero-order valence-corrected chi connectivity index (χ0v) is 13.8. The van der Waals surface area contributed by atoms with Crippen molar-refractivity contribution in [3.63, 3.8) is 0 Å². The number of benzene rings is 2. The Morgan fingerprint density at radius 2 is 1.52 bits per heavy atom. The lowest BCUT2D eigenvalue weighted by Gasteiger charge is -2.07. The van der Waals surface area contributed by atoms with Crippen molar-refractivity contribution in [2.45, 2.75) is 13.3 Å². The van der Waals surface area contributed by atoms with Crippen LogP contribution in [0.2, 0.25) is 0 Å². The summed E-state index contributed by atoms with van der Waals surface area (Å²) >= 11 is 0. The molecule has 23 heavy (non-hydrogen) atoms. The SMILES string of the molecule is CC(=O)c1ccc(OCCc2ccc(OS(C)(=O)=O)cc2)cc1. The molecule has 0 bridgehead atoms. The minimum atomic E-state index is -3.50. The summed E-state index contributed by atoms with van der Waals surface area (Å²) in [7, 11) is -3.50. The largest absolute Gasteiger partial charge is 0.493 e. The van der Waals surface area contributed by atoms with Gasteiger partial charge in [-0.2, -0.15) is 8.42 Å². The van der Waals surface area contributed by atoms with Crippen LogP contribution < -0.4 is 8.92 Å². The Morgan fingerprint density at radius 3 is 2.04 bits per heavy atom. The standard InChI is InChI=1S/C17H18O5S/c1-13(18)15-5-9-16(10-6-15)21-12-11-14-3-7-17(8-4-14)22-23(2,19)20/h3-10H,11-12H2,1-2H3. The lowest BCUT2D eigenvalue weighted by Crippen LogP contribution is -2.06. The quantitative estimate of drug-likeness (QED) is 0.575. The number of hydrogen-bond acceptors (Lipinski definition) is 5. The molecule has 0 atom stereocenters. The Morgan fingerprint density at radius 1 is 0.957 bits per heavy atom. The molecule has 0 radical (unpaired) electrons. The lowest BCUT2D eigenvalue weighted by atomic mass is 10.1. The van der Waals surface area contributed by atoms with Gasteiger partial charge in [-0.1, -0.05) is 12.1 Å². The van der Waals surface area contributed by atoms with E-state index in [4.69, 9.17) is 8.92 Å². The molecule has 0 unspecified atom stereocenters. The molecule has 0 aliphatic heterocycles. The van der Waals surface area contributed by atoms with Gasteiger partial charge in [0.15, 0.2) is 5.78 Å². The molecule has 2 aromatic rings. The Hall–Kier alpha value is -2.34. The summed E-state index contributed by atoms with van der Waals surface area (Å²) in [6.07, 6.45) is 1.68. The number of Topliss-reactive ketones (excluding diaryl/α,β-unsaturated/α-hetero) is 1. The van der Waals surface area contributed by atoms with E-state index in [1.165, 1.54) is 6.92 Å². The first-order chi connectivity index (χ1) is 10.8. The molecule has 2 rings (SSSR count). The van der Waals surface area contributed by atoms with Crippen molar-refractivity contribution in [3.8, 4) is 11.5 Å². The third kappa shape index (κ3) is 5.75. The Bertz CT molecular complexity index is 762. The van der Waals surface area contributed by atoms with E-state index >= 15 is 0 Å². The summed E-state index contributed by atoms with van der Waals surface area (Å²) in [6, 6.07) is 13.8. The molecule has 0 saturated heterocycles. The van der Waals surface area contributed by atoms with E-state index in [2.05, 4.69) is 0 Å². The van der Waals surface area contributed by atoms with Gasteiger partial charge in [0.25, 0.3) is 0 Å². The summed E-state index contributed by atoms with van der Waals surface area (Å²) in [5.41, 5.74) is 1.66. The van der Waals surface area contributed by atoms with Crippen LogP contribution in [0.1, 0.15) is 22.8 Å². The van der Waals surface area contributed by atoms with Gasteiger partial charge >= 0.3 is 10.1 Å². The molecule has 0 N–H and O–H groups in total. The molecule has 0 saturated carbocycles. The number of rotatable bonds is 7. The molecule has 0 aliphatic rings. The first kappa shape index (κ1) is 17.0. The number of hydrogen-bond donors (Lipinski definition) is 0. The molecule has 0 aliphatic carbocycles. The van der Waals surface area contributed by atoms with Gasteiger partial charge in [-0.15, -0.1) is 0 Å². The zero-order valence-electron chi connectivity index (χ0n) is 13.0. The molecule has 0 fully saturated rings. The highest BCUT2D eigenvalue weighted by Crippen LogP contribution is 2.16. The predicted molar refractivity (Wildman–Crippen MR) is 87.6 cm³/mol. The van der Waals surface area contributed by atoms with E-state index in [0.29, 0.717) is 24.3 Å². The van der Waals surface area contributed by atoms with E-state index in [1.54, 1.807) is 48.5 Å². The van der Waals surface area contributed by atoms with E-state index in [-0.39, 0.29) is 11.5 Å². The van der Waals surface area contributed by atoms with Crippen LogP contribution in [0, 0.1) is 0 Å². The Balaban J connectivity index is 1.85. The van der Waals surface area contributed by atoms with E-state index in [9.17, 15) is 13.2 Å². The topological polar surface area (TPSA) is 69.7 Å². The van der Waals surface area contributed by atoms with Gasteiger partial charge in [0, 0.05) is 12.0 Å². The summed E-state index contributed by atoms with van der Waals surface area (Å²) in [6.45, 7) is 2.00. The highest BCUT2D eigenvalue weighted by atomic mass is 32.2. The van der Waals surface area contributed by atoms with Crippen LogP contribution in [-0.4, -0.2) is 27.1 Å². The van der Waals surface area contributed by atoms with Crippen molar-refractivity contribution in [1.29, 1.82) is 0 Å². The fourth-order valence-electron chi connectivity index (χ4n) is 1.96. The molecule has 0 heterocycles. The molecule has 5 nitrogen and oxygen atoms in total. The lowest BCUT2D eigenvalue weighted by molar-refractivity contribution is 0.101. The summed E-state index contributed by atoms with van der Waals surface area (Å²) < 4.78 is 32.4. The molecule has 122 valence electrons. The smallest absolute Gasteiger partial charge is 0.306 e. The molecule has 0 aromatic heterocycles. The number of carbonyl (C=O) groups excluding carboxylic acids is 1. The van der Waals surface area contributed by atoms with E-state index in [0.717, 1.165) is 11.8 Å². The van der Waals surface area contributed by atoms with Crippen LogP contribution in [0.5, 0.6) is 11.5 Å². The second-order valence-corrected chi connectivity index (χ2v) is 6.69. The van der Waals surface area contributed by atoms with Crippen LogP contribution in [0.15, 0.2) is 48.5 Å². The average Bonchev–Trinajstić information content (AvgIpc) is 2.48. The molecule has 0 spiro atoms. The van der Waals surface area contributed by atoms with Crippen molar-refractivity contribution in [2.75, 3.05) is 12.9 Å². The molecule has 2 aromatic carbocycles. The minimum Gasteiger partial charge on any atom is -0.493 e. The number of carbonyl (C=O) groups is 1. The van der Waals surface area contributed by atoms with Gasteiger partial charge in [-0.3, -0.25) is 4.79 Å². The summed E-state index contributed by atoms with van der Waals surface area (Å²) in [5.74, 6) is 1.01. The van der Waals surface area contributed by atoms with Crippen LogP contribution in [0.3, 0.4) is 0 Å². The van der Waals surface area contributed by atoms with Crippen LogP contribution >= 0.6 is 0 Å². The van der Waals surface area contributed by atoms with Crippen molar-refractivity contribution in [1.82, 2.24) is 0 Å². The summed E-state index contributed by atoms with van der Waals surface area (Å²) in [5, 5.41) is 0. The number of ketones is 1. The summed E-state index contributed by atoms with van der Waals surface area (Å²) in [4.78, 5) is 11.2. The van der Waals surface area contributed by atoms with Gasteiger partial charge in [-0.25, -0.2) is 0 Å². The fourth-order valence-corrected chi connectivity index (χ4v) is 2.42. The van der Waals surface area contributed by atoms with Crippen molar-refractivity contribution < 1.29 is 22.1 Å². The van der Waals surface area contributed by atoms with Crippen molar-refractivity contribution in [3.05, 3.63) is 59.7 Å². The fraction of sp³-hybridized carbons (Fsp3) is 0.235. The maximum absolute atomic E-state index is 11.2. The first-order valence-electron chi connectivity index (χ1n) is 7.06. The Kier molecular flexibility index (Phi) is 5.39. The van der Waals surface area contributed by atoms with Crippen LogP contribution in [0.4, 0.5) is 0 Å². The van der Waals surface area contributed by atoms with Crippen LogP contribution in [-0.2, 0) is 16.5 Å². The third-order valence-electron chi connectivity index (χ3n) is 3.09. The normalized spacial score (nSPS) is 11.0. The van der Waals surface area contributed by atoms with Gasteiger partial charge in [0.1, 0.15) is 11.5 Å². The van der Waals surface area contributed by atoms with Gasteiger partial charge in [0.2, 0.25) is 0 Å². The maximum atomic E-state index is 11.2. The second kappa shape index (κ2) is 7.28. The Labute approximate surface area is 136 Å². The third-order valence-corrected chi connectivity index (χ3v) is 3.59. The van der Waals surface area contributed by atoms with E-state index in [1.807, 2.05) is 0 Å². The van der Waals surface area contributed by atoms with Gasteiger partial charge < -0.3 is 8.92 Å². The molecule has 0 amide bonds. The van der Waals surface area contributed by atoms with Crippen molar-refractivity contribution in [2.24, 2.45) is 0 Å². The predicted octanol–water partition coefficient (Wildman–Crippen LogP) is 2.85. The number of ether oxygens (including phenoxy) is 1. The van der Waals surface area contributed by atoms with E-state index < -0.39 is 10.1 Å². The monoisotopic (exact) mass is 334 g/mol. The minimum absolute atomic E-state index is 0.0213. The molecule has 6 heteroatoms. The van der Waals surface area contributed by atoms with Gasteiger partial charge in [-0.05, 0) is 48.9 Å². The maximum Gasteiger partial charge on any atom is 0.306 e. The van der Waals surface area contributed by atoms with Crippen LogP contribution in [0.25, 0.3) is 0 Å². The molecular formula is C17H18O5S. The second-order valence-electron chi connectivity index (χ2n) is 5.11. The van der Waals surface area contributed by atoms with Gasteiger partial charge in [0.05, 0.1) is 12.9 Å². The van der Waals surface area contributed by atoms with Crippen molar-refractivity contribution >= 4 is 15.9 Å². The first-order valence-corrected chi connectivity index (χ1v) is 8.87. The highest BCUT2D eigenvalue weighted by molar-refractivity contribution is 7.86. The zero-order chi connectivity index (χ0) is 16.9. The average molecular weight is 334 g/mol.